The number of aromatic nitrogens is 1. The van der Waals surface area contributed by atoms with Crippen LogP contribution in [0, 0.1) is 13.8 Å². The maximum Gasteiger partial charge on any atom is 0.249 e. The number of aryl methyl sites for hydroxylation is 2. The van der Waals surface area contributed by atoms with Gasteiger partial charge in [0.15, 0.2) is 5.76 Å². The predicted octanol–water partition coefficient (Wildman–Crippen LogP) is 0.581. The van der Waals surface area contributed by atoms with Crippen LogP contribution in [0.4, 0.5) is 0 Å². The van der Waals surface area contributed by atoms with Crippen molar-refractivity contribution < 1.29 is 17.7 Å². The van der Waals surface area contributed by atoms with E-state index < -0.39 is 16.1 Å². The van der Waals surface area contributed by atoms with Crippen LogP contribution in [-0.4, -0.2) is 43.4 Å². The van der Waals surface area contributed by atoms with Gasteiger partial charge in [-0.1, -0.05) is 11.6 Å². The van der Waals surface area contributed by atoms with Crippen LogP contribution >= 0.6 is 0 Å². The van der Waals surface area contributed by atoms with Gasteiger partial charge in [-0.25, -0.2) is 8.42 Å². The Morgan fingerprint density at radius 3 is 2.65 bits per heavy atom. The van der Waals surface area contributed by atoms with Crippen molar-refractivity contribution in [3.8, 4) is 0 Å². The Kier molecular flexibility index (Phi) is 4.14. The SMILES string of the molecule is CNC(=O)C1CCCCN1S(=O)(=O)c1c(C)noc1C. The van der Waals surface area contributed by atoms with Crippen LogP contribution in [0.25, 0.3) is 0 Å². The molecule has 1 saturated heterocycles. The van der Waals surface area contributed by atoms with Crippen molar-refractivity contribution in [1.82, 2.24) is 14.8 Å². The van der Waals surface area contributed by atoms with E-state index in [0.29, 0.717) is 18.7 Å². The molecule has 7 nitrogen and oxygen atoms in total. The number of hydrogen-bond acceptors (Lipinski definition) is 5. The summed E-state index contributed by atoms with van der Waals surface area (Å²) in [6.07, 6.45) is 2.12. The Hall–Kier alpha value is -1.41. The van der Waals surface area contributed by atoms with Gasteiger partial charge in [-0.3, -0.25) is 4.79 Å². The number of carbonyl (C=O) groups excluding carboxylic acids is 1. The van der Waals surface area contributed by atoms with Crippen LogP contribution in [0.5, 0.6) is 0 Å². The topological polar surface area (TPSA) is 92.5 Å². The highest BCUT2D eigenvalue weighted by Gasteiger charge is 2.39. The number of hydrogen-bond donors (Lipinski definition) is 1. The van der Waals surface area contributed by atoms with Crippen molar-refractivity contribution >= 4 is 15.9 Å². The fourth-order valence-corrected chi connectivity index (χ4v) is 4.53. The highest BCUT2D eigenvalue weighted by Crippen LogP contribution is 2.29. The number of nitrogens with zero attached hydrogens (tertiary/aromatic N) is 2. The van der Waals surface area contributed by atoms with E-state index in [1.807, 2.05) is 0 Å². The predicted molar refractivity (Wildman–Crippen MR) is 71.6 cm³/mol. The molecule has 0 saturated carbocycles. The van der Waals surface area contributed by atoms with E-state index in [4.69, 9.17) is 4.52 Å². The molecule has 1 aromatic heterocycles. The summed E-state index contributed by atoms with van der Waals surface area (Å²) in [5.74, 6) is -0.0243. The molecule has 2 heterocycles. The van der Waals surface area contributed by atoms with E-state index in [1.165, 1.54) is 11.4 Å². The molecular formula is C12H19N3O4S. The van der Waals surface area contributed by atoms with Crippen LogP contribution < -0.4 is 5.32 Å². The fourth-order valence-electron chi connectivity index (χ4n) is 2.58. The van der Waals surface area contributed by atoms with Crippen molar-refractivity contribution in [3.63, 3.8) is 0 Å². The molecule has 20 heavy (non-hydrogen) atoms. The zero-order chi connectivity index (χ0) is 14.9. The van der Waals surface area contributed by atoms with E-state index >= 15 is 0 Å². The van der Waals surface area contributed by atoms with Crippen molar-refractivity contribution in [1.29, 1.82) is 0 Å². The first-order valence-corrected chi connectivity index (χ1v) is 8.00. The van der Waals surface area contributed by atoms with E-state index in [2.05, 4.69) is 10.5 Å². The second kappa shape index (κ2) is 5.53. The summed E-state index contributed by atoms with van der Waals surface area (Å²) < 4.78 is 31.7. The molecule has 0 aliphatic carbocycles. The smallest absolute Gasteiger partial charge is 0.249 e. The Labute approximate surface area is 118 Å². The van der Waals surface area contributed by atoms with Gasteiger partial charge in [-0.2, -0.15) is 4.31 Å². The third kappa shape index (κ3) is 2.45. The zero-order valence-corrected chi connectivity index (χ0v) is 12.7. The summed E-state index contributed by atoms with van der Waals surface area (Å²) in [5.41, 5.74) is 0.323. The highest BCUT2D eigenvalue weighted by atomic mass is 32.2. The molecule has 0 spiro atoms. The van der Waals surface area contributed by atoms with Gasteiger partial charge in [0.2, 0.25) is 15.9 Å². The van der Waals surface area contributed by atoms with Crippen LogP contribution in [0.3, 0.4) is 0 Å². The van der Waals surface area contributed by atoms with Gasteiger partial charge in [0.1, 0.15) is 16.6 Å². The lowest BCUT2D eigenvalue weighted by Gasteiger charge is -2.33. The summed E-state index contributed by atoms with van der Waals surface area (Å²) >= 11 is 0. The average Bonchev–Trinajstić information content (AvgIpc) is 2.77. The second-order valence-corrected chi connectivity index (χ2v) is 6.72. The molecule has 1 unspecified atom stereocenters. The standard InChI is InChI=1S/C12H19N3O4S/c1-8-11(9(2)19-14-8)20(17,18)15-7-5-4-6-10(15)12(16)13-3/h10H,4-7H2,1-3H3,(H,13,16). The summed E-state index contributed by atoms with van der Waals surface area (Å²) in [7, 11) is -2.26. The summed E-state index contributed by atoms with van der Waals surface area (Å²) in [4.78, 5) is 12.0. The van der Waals surface area contributed by atoms with Gasteiger partial charge >= 0.3 is 0 Å². The van der Waals surface area contributed by atoms with Crippen LogP contribution in [0.2, 0.25) is 0 Å². The molecule has 1 aliphatic rings. The maximum absolute atomic E-state index is 12.8. The third-order valence-corrected chi connectivity index (χ3v) is 5.69. The molecule has 0 radical (unpaired) electrons. The number of sulfonamides is 1. The van der Waals surface area contributed by atoms with Crippen LogP contribution in [0.1, 0.15) is 30.7 Å². The summed E-state index contributed by atoms with van der Waals surface area (Å²) in [5, 5.41) is 6.21. The quantitative estimate of drug-likeness (QED) is 0.881. The van der Waals surface area contributed by atoms with Crippen LogP contribution in [-0.2, 0) is 14.8 Å². The average molecular weight is 301 g/mol. The first-order valence-electron chi connectivity index (χ1n) is 6.56. The minimum atomic E-state index is -3.77. The first-order chi connectivity index (χ1) is 9.39. The maximum atomic E-state index is 12.8. The minimum Gasteiger partial charge on any atom is -0.360 e. The number of rotatable bonds is 3. The normalized spacial score (nSPS) is 20.9. The molecular weight excluding hydrogens is 282 g/mol. The Bertz CT molecular complexity index is 589. The van der Waals surface area contributed by atoms with Gasteiger partial charge in [-0.05, 0) is 26.7 Å². The Morgan fingerprint density at radius 1 is 1.40 bits per heavy atom. The first kappa shape index (κ1) is 15.0. The molecule has 2 rings (SSSR count). The molecule has 1 aliphatic heterocycles. The van der Waals surface area contributed by atoms with Gasteiger partial charge in [0.05, 0.1) is 0 Å². The summed E-state index contributed by atoms with van der Waals surface area (Å²) in [6.45, 7) is 3.48. The van der Waals surface area contributed by atoms with Crippen molar-refractivity contribution in [2.75, 3.05) is 13.6 Å². The van der Waals surface area contributed by atoms with E-state index in [1.54, 1.807) is 13.8 Å². The monoisotopic (exact) mass is 301 g/mol. The molecule has 112 valence electrons. The molecule has 1 amide bonds. The lowest BCUT2D eigenvalue weighted by atomic mass is 10.0. The number of carbonyl (C=O) groups is 1. The van der Waals surface area contributed by atoms with Gasteiger partial charge in [0, 0.05) is 13.6 Å². The number of piperidine rings is 1. The van der Waals surface area contributed by atoms with Gasteiger partial charge in [0.25, 0.3) is 0 Å². The van der Waals surface area contributed by atoms with E-state index in [0.717, 1.165) is 12.8 Å². The Balaban J connectivity index is 2.44. The van der Waals surface area contributed by atoms with Crippen molar-refractivity contribution in [2.45, 2.75) is 44.0 Å². The molecule has 1 fully saturated rings. The fraction of sp³-hybridized carbons (Fsp3) is 0.667. The van der Waals surface area contributed by atoms with Gasteiger partial charge < -0.3 is 9.84 Å². The largest absolute Gasteiger partial charge is 0.360 e. The Morgan fingerprint density at radius 2 is 2.10 bits per heavy atom. The molecule has 0 aromatic carbocycles. The number of likely N-dealkylation sites (N-methyl/N-ethyl adjacent to an activating group) is 1. The van der Waals surface area contributed by atoms with E-state index in [9.17, 15) is 13.2 Å². The third-order valence-electron chi connectivity index (χ3n) is 3.54. The van der Waals surface area contributed by atoms with Crippen molar-refractivity contribution in [3.05, 3.63) is 11.5 Å². The molecule has 1 aromatic rings. The molecule has 1 N–H and O–H groups in total. The zero-order valence-electron chi connectivity index (χ0n) is 11.8. The van der Waals surface area contributed by atoms with Crippen LogP contribution in [0.15, 0.2) is 9.42 Å². The summed E-state index contributed by atoms with van der Waals surface area (Å²) in [6, 6.07) is -0.660. The number of amides is 1. The highest BCUT2D eigenvalue weighted by molar-refractivity contribution is 7.89. The lowest BCUT2D eigenvalue weighted by Crippen LogP contribution is -2.51. The van der Waals surface area contributed by atoms with E-state index in [-0.39, 0.29) is 16.6 Å². The number of nitrogens with one attached hydrogen (secondary N) is 1. The lowest BCUT2D eigenvalue weighted by molar-refractivity contribution is -0.125. The second-order valence-electron chi connectivity index (χ2n) is 4.89. The molecule has 0 bridgehead atoms. The van der Waals surface area contributed by atoms with Crippen molar-refractivity contribution in [2.24, 2.45) is 0 Å². The van der Waals surface area contributed by atoms with Gasteiger partial charge in [-0.15, -0.1) is 0 Å². The molecule has 1 atom stereocenters. The minimum absolute atomic E-state index is 0.0771. The molecule has 8 heteroatoms.